The minimum absolute atomic E-state index is 0.254. The molecular weight excluding hydrogens is 403 g/mol. The summed E-state index contributed by atoms with van der Waals surface area (Å²) in [7, 11) is 3.34. The van der Waals surface area contributed by atoms with Crippen LogP contribution in [0.3, 0.4) is 0 Å². The lowest BCUT2D eigenvalue weighted by Gasteiger charge is -2.40. The number of hydrogen-bond acceptors (Lipinski definition) is 2. The monoisotopic (exact) mass is 429 g/mol. The molecule has 2 amide bonds. The van der Waals surface area contributed by atoms with Gasteiger partial charge in [0, 0.05) is 26.2 Å². The number of likely N-dealkylation sites (tertiary alicyclic amines) is 1. The fraction of sp³-hybridized carbons (Fsp3) is 0.458. The van der Waals surface area contributed by atoms with E-state index in [2.05, 4.69) is 0 Å². The van der Waals surface area contributed by atoms with Gasteiger partial charge < -0.3 is 9.80 Å². The molecule has 7 heteroatoms. The van der Waals surface area contributed by atoms with E-state index in [1.54, 1.807) is 36.0 Å². The molecule has 4 nitrogen and oxygen atoms in total. The van der Waals surface area contributed by atoms with Crippen molar-refractivity contribution >= 4 is 6.03 Å². The van der Waals surface area contributed by atoms with Gasteiger partial charge in [-0.05, 0) is 48.7 Å². The van der Waals surface area contributed by atoms with E-state index in [-0.39, 0.29) is 24.4 Å². The van der Waals surface area contributed by atoms with E-state index >= 15 is 0 Å². The second kappa shape index (κ2) is 6.99. The van der Waals surface area contributed by atoms with Gasteiger partial charge in [-0.3, -0.25) is 4.90 Å². The lowest BCUT2D eigenvalue weighted by atomic mass is 9.88. The Balaban J connectivity index is 1.46. The van der Waals surface area contributed by atoms with Crippen molar-refractivity contribution in [3.8, 4) is 0 Å². The number of amides is 2. The highest BCUT2D eigenvalue weighted by molar-refractivity contribution is 5.77. The Morgan fingerprint density at radius 2 is 1.81 bits per heavy atom. The average Bonchev–Trinajstić information content (AvgIpc) is 3.42. The van der Waals surface area contributed by atoms with Gasteiger partial charge in [0.05, 0.1) is 18.0 Å². The van der Waals surface area contributed by atoms with Crippen molar-refractivity contribution in [3.05, 3.63) is 71.0 Å². The molecule has 3 aliphatic rings. The first-order chi connectivity index (χ1) is 14.7. The second-order valence-corrected chi connectivity index (χ2v) is 9.24. The zero-order chi connectivity index (χ0) is 22.0. The van der Waals surface area contributed by atoms with E-state index in [1.807, 2.05) is 24.3 Å². The first kappa shape index (κ1) is 20.4. The normalized spacial score (nSPS) is 29.1. The Morgan fingerprint density at radius 1 is 1.10 bits per heavy atom. The quantitative estimate of drug-likeness (QED) is 0.717. The molecule has 1 saturated carbocycles. The van der Waals surface area contributed by atoms with E-state index in [0.717, 1.165) is 16.7 Å². The van der Waals surface area contributed by atoms with E-state index in [0.29, 0.717) is 25.9 Å². The lowest BCUT2D eigenvalue weighted by molar-refractivity contribution is -0.0457. The first-order valence-corrected chi connectivity index (χ1v) is 10.7. The number of rotatable bonds is 2. The Kier molecular flexibility index (Phi) is 4.59. The van der Waals surface area contributed by atoms with Gasteiger partial charge >= 0.3 is 6.03 Å². The highest BCUT2D eigenvalue weighted by Gasteiger charge is 2.74. The minimum Gasteiger partial charge on any atom is -0.324 e. The van der Waals surface area contributed by atoms with Crippen molar-refractivity contribution in [2.45, 2.75) is 30.8 Å². The van der Waals surface area contributed by atoms with Crippen molar-refractivity contribution in [2.75, 3.05) is 33.7 Å². The Labute approximate surface area is 180 Å². The van der Waals surface area contributed by atoms with Crippen molar-refractivity contribution in [1.29, 1.82) is 0 Å². The molecule has 1 spiro atoms. The second-order valence-electron chi connectivity index (χ2n) is 9.24. The molecule has 164 valence electrons. The summed E-state index contributed by atoms with van der Waals surface area (Å²) in [4.78, 5) is 18.5. The van der Waals surface area contributed by atoms with Crippen LogP contribution in [0.25, 0.3) is 0 Å². The maximum Gasteiger partial charge on any atom is 0.320 e. The summed E-state index contributed by atoms with van der Waals surface area (Å²) in [5.74, 6) is -3.14. The molecule has 0 aromatic heterocycles. The Bertz CT molecular complexity index is 1010. The minimum atomic E-state index is -2.80. The zero-order valence-electron chi connectivity index (χ0n) is 17.7. The fourth-order valence-electron chi connectivity index (χ4n) is 5.62. The smallest absolute Gasteiger partial charge is 0.320 e. The molecule has 2 aromatic carbocycles. The van der Waals surface area contributed by atoms with Crippen molar-refractivity contribution in [2.24, 2.45) is 5.41 Å². The molecule has 0 bridgehead atoms. The first-order valence-electron chi connectivity index (χ1n) is 10.7. The highest BCUT2D eigenvalue weighted by Crippen LogP contribution is 2.62. The summed E-state index contributed by atoms with van der Waals surface area (Å²) in [5.41, 5.74) is 1.81. The Morgan fingerprint density at radius 3 is 2.48 bits per heavy atom. The summed E-state index contributed by atoms with van der Waals surface area (Å²) in [6, 6.07) is 13.0. The predicted molar refractivity (Wildman–Crippen MR) is 112 cm³/mol. The van der Waals surface area contributed by atoms with Gasteiger partial charge in [-0.2, -0.15) is 0 Å². The number of hydrogen-bond donors (Lipinski definition) is 0. The van der Waals surface area contributed by atoms with E-state index in [4.69, 9.17) is 0 Å². The van der Waals surface area contributed by atoms with Gasteiger partial charge in [0.15, 0.2) is 0 Å². The summed E-state index contributed by atoms with van der Waals surface area (Å²) in [6.07, 6.45) is 1.01. The summed E-state index contributed by atoms with van der Waals surface area (Å²) in [5, 5.41) is 0. The topological polar surface area (TPSA) is 26.8 Å². The average molecular weight is 429 g/mol. The molecule has 31 heavy (non-hydrogen) atoms. The SMILES string of the molecule is CN1CC(F)(F)[C@]2(C[C@H]2N(C)C(=O)N2CCc3ccccc3[C@@H]2c2ccc(F)cc2)C1. The molecule has 1 aliphatic carbocycles. The number of alkyl halides is 2. The number of benzene rings is 2. The molecule has 2 heterocycles. The van der Waals surface area contributed by atoms with Crippen LogP contribution in [-0.2, 0) is 6.42 Å². The fourth-order valence-corrected chi connectivity index (χ4v) is 5.62. The molecule has 5 rings (SSSR count). The van der Waals surface area contributed by atoms with Crippen LogP contribution in [0.5, 0.6) is 0 Å². The molecule has 0 radical (unpaired) electrons. The molecule has 2 aliphatic heterocycles. The maximum atomic E-state index is 14.7. The third-order valence-corrected chi connectivity index (χ3v) is 7.27. The van der Waals surface area contributed by atoms with Crippen LogP contribution >= 0.6 is 0 Å². The van der Waals surface area contributed by atoms with Crippen LogP contribution in [0, 0.1) is 11.2 Å². The number of urea groups is 1. The van der Waals surface area contributed by atoms with E-state index in [1.165, 1.54) is 17.0 Å². The number of nitrogens with zero attached hydrogens (tertiary/aromatic N) is 3. The van der Waals surface area contributed by atoms with Crippen LogP contribution in [0.4, 0.5) is 18.0 Å². The van der Waals surface area contributed by atoms with Crippen molar-refractivity contribution in [3.63, 3.8) is 0 Å². The highest BCUT2D eigenvalue weighted by atomic mass is 19.3. The largest absolute Gasteiger partial charge is 0.324 e. The summed E-state index contributed by atoms with van der Waals surface area (Å²) in [6.45, 7) is 0.519. The van der Waals surface area contributed by atoms with E-state index < -0.39 is 17.4 Å². The number of carbonyl (C=O) groups excluding carboxylic acids is 1. The maximum absolute atomic E-state index is 14.7. The van der Waals surface area contributed by atoms with Gasteiger partial charge in [0.2, 0.25) is 0 Å². The number of fused-ring (bicyclic) bond motifs is 1. The molecule has 1 saturated heterocycles. The van der Waals surface area contributed by atoms with Crippen LogP contribution in [0.1, 0.15) is 29.2 Å². The van der Waals surface area contributed by atoms with Crippen LogP contribution < -0.4 is 0 Å². The van der Waals surface area contributed by atoms with Gasteiger partial charge in [0.25, 0.3) is 5.92 Å². The zero-order valence-corrected chi connectivity index (χ0v) is 17.7. The van der Waals surface area contributed by atoms with Crippen LogP contribution in [0.2, 0.25) is 0 Å². The molecular formula is C24H26F3N3O. The van der Waals surface area contributed by atoms with E-state index in [9.17, 15) is 18.0 Å². The molecule has 0 N–H and O–H groups in total. The Hall–Kier alpha value is -2.54. The van der Waals surface area contributed by atoms with Gasteiger partial charge in [0.1, 0.15) is 5.82 Å². The lowest BCUT2D eigenvalue weighted by Crippen LogP contribution is -2.49. The predicted octanol–water partition coefficient (Wildman–Crippen LogP) is 4.16. The third-order valence-electron chi connectivity index (χ3n) is 7.27. The van der Waals surface area contributed by atoms with Crippen molar-refractivity contribution < 1.29 is 18.0 Å². The number of carbonyl (C=O) groups is 1. The molecule has 0 unspecified atom stereocenters. The van der Waals surface area contributed by atoms with Crippen LogP contribution in [0.15, 0.2) is 48.5 Å². The van der Waals surface area contributed by atoms with Gasteiger partial charge in [-0.1, -0.05) is 36.4 Å². The summed E-state index contributed by atoms with van der Waals surface area (Å²) >= 11 is 0. The molecule has 2 fully saturated rings. The standard InChI is InChI=1S/C24H26F3N3O/c1-28-14-23(24(26,27)15-28)13-20(23)29(2)22(31)30-12-11-16-5-3-4-6-19(16)21(30)17-7-9-18(25)10-8-17/h3-10,20-21H,11-15H2,1-2H3/t20-,21+,23-/m1/s1. The van der Waals surface area contributed by atoms with Crippen molar-refractivity contribution in [1.82, 2.24) is 14.7 Å². The van der Waals surface area contributed by atoms with Crippen LogP contribution in [-0.4, -0.2) is 66.4 Å². The molecule has 2 aromatic rings. The number of halogens is 3. The van der Waals surface area contributed by atoms with Gasteiger partial charge in [-0.25, -0.2) is 18.0 Å². The summed E-state index contributed by atoms with van der Waals surface area (Å²) < 4.78 is 43.0. The van der Waals surface area contributed by atoms with Gasteiger partial charge in [-0.15, -0.1) is 0 Å². The third kappa shape index (κ3) is 3.13. The molecule has 3 atom stereocenters.